The maximum absolute atomic E-state index is 5.39. The van der Waals surface area contributed by atoms with E-state index in [9.17, 15) is 0 Å². The molecule has 0 radical (unpaired) electrons. The number of ether oxygens (including phenoxy) is 1. The van der Waals surface area contributed by atoms with Crippen LogP contribution in [0.15, 0.2) is 60.1 Å². The second-order valence-corrected chi connectivity index (χ2v) is 5.45. The van der Waals surface area contributed by atoms with Crippen molar-refractivity contribution in [2.24, 2.45) is 5.92 Å². The van der Waals surface area contributed by atoms with Crippen molar-refractivity contribution in [3.63, 3.8) is 0 Å². The van der Waals surface area contributed by atoms with Crippen molar-refractivity contribution in [1.29, 1.82) is 0 Å². The molecule has 0 saturated carbocycles. The molecular weight excluding hydrogens is 245 g/mol. The summed E-state index contributed by atoms with van der Waals surface area (Å²) in [6.07, 6.45) is 2.34. The van der Waals surface area contributed by atoms with Crippen molar-refractivity contribution in [3.05, 3.63) is 65.6 Å². The Kier molecular flexibility index (Phi) is 2.85. The molecule has 0 spiro atoms. The van der Waals surface area contributed by atoms with Crippen LogP contribution in [0.3, 0.4) is 0 Å². The van der Waals surface area contributed by atoms with Crippen LogP contribution in [-0.2, 0) is 4.74 Å². The van der Waals surface area contributed by atoms with Crippen molar-refractivity contribution in [2.45, 2.75) is 0 Å². The summed E-state index contributed by atoms with van der Waals surface area (Å²) in [5, 5.41) is 3.69. The lowest BCUT2D eigenvalue weighted by atomic mass is 9.45. The fourth-order valence-corrected chi connectivity index (χ4v) is 2.96. The molecule has 0 amide bonds. The molecule has 2 nitrogen and oxygen atoms in total. The van der Waals surface area contributed by atoms with E-state index < -0.39 is 0 Å². The Bertz CT molecular complexity index is 649. The number of hydrogen-bond acceptors (Lipinski definition) is 2. The number of anilines is 1. The van der Waals surface area contributed by atoms with Gasteiger partial charge < -0.3 is 9.96 Å². The van der Waals surface area contributed by atoms with Gasteiger partial charge in [-0.3, -0.25) is 0 Å². The second kappa shape index (κ2) is 4.84. The third-order valence-electron chi connectivity index (χ3n) is 4.16. The SMILES string of the molecule is C1=C(C2COC2)B(c2ccccc2)Nc2ccccc21. The molecule has 1 N–H and O–H groups in total. The molecule has 1 fully saturated rings. The predicted molar refractivity (Wildman–Crippen MR) is 84.2 cm³/mol. The van der Waals surface area contributed by atoms with E-state index in [2.05, 4.69) is 65.9 Å². The van der Waals surface area contributed by atoms with Gasteiger partial charge in [-0.2, -0.15) is 0 Å². The van der Waals surface area contributed by atoms with Crippen LogP contribution in [0.2, 0.25) is 0 Å². The first kappa shape index (κ1) is 11.8. The van der Waals surface area contributed by atoms with Crippen molar-refractivity contribution < 1.29 is 4.74 Å². The van der Waals surface area contributed by atoms with E-state index in [4.69, 9.17) is 4.74 Å². The quantitative estimate of drug-likeness (QED) is 0.839. The molecule has 0 unspecified atom stereocenters. The van der Waals surface area contributed by atoms with Crippen LogP contribution in [0, 0.1) is 5.92 Å². The first-order valence-corrected chi connectivity index (χ1v) is 7.11. The van der Waals surface area contributed by atoms with Crippen LogP contribution >= 0.6 is 0 Å². The molecule has 0 aromatic heterocycles. The standard InChI is InChI=1S/C17H16BNO/c1-2-7-15(8-3-1)18-16(14-11-20-12-14)10-13-6-4-5-9-17(13)19-18/h1-10,14,19H,11-12H2. The summed E-state index contributed by atoms with van der Waals surface area (Å²) < 4.78 is 5.39. The van der Waals surface area contributed by atoms with Crippen LogP contribution in [0.25, 0.3) is 6.08 Å². The number of nitrogens with one attached hydrogen (secondary N) is 1. The van der Waals surface area contributed by atoms with Gasteiger partial charge in [-0.1, -0.05) is 65.5 Å². The minimum absolute atomic E-state index is 0.264. The van der Waals surface area contributed by atoms with Crippen LogP contribution in [0.5, 0.6) is 0 Å². The van der Waals surface area contributed by atoms with Gasteiger partial charge in [0.2, 0.25) is 0 Å². The molecular formula is C17H16BNO. The topological polar surface area (TPSA) is 21.3 Å². The minimum atomic E-state index is 0.264. The Morgan fingerprint density at radius 3 is 2.45 bits per heavy atom. The van der Waals surface area contributed by atoms with Gasteiger partial charge >= 0.3 is 6.85 Å². The molecule has 0 aliphatic carbocycles. The van der Waals surface area contributed by atoms with Gasteiger partial charge in [0.1, 0.15) is 0 Å². The number of benzene rings is 2. The maximum Gasteiger partial charge on any atom is 0.317 e. The van der Waals surface area contributed by atoms with Crippen LogP contribution in [-0.4, -0.2) is 20.1 Å². The van der Waals surface area contributed by atoms with Crippen molar-refractivity contribution >= 4 is 24.1 Å². The van der Waals surface area contributed by atoms with Gasteiger partial charge in [0.15, 0.2) is 0 Å². The highest BCUT2D eigenvalue weighted by molar-refractivity contribution is 6.83. The minimum Gasteiger partial charge on any atom is -0.420 e. The highest BCUT2D eigenvalue weighted by atomic mass is 16.5. The fraction of sp³-hybridized carbons (Fsp3) is 0.176. The third-order valence-corrected chi connectivity index (χ3v) is 4.16. The average Bonchev–Trinajstić information content (AvgIpc) is 2.46. The van der Waals surface area contributed by atoms with Crippen molar-refractivity contribution in [3.8, 4) is 0 Å². The molecule has 3 heteroatoms. The van der Waals surface area contributed by atoms with E-state index in [1.54, 1.807) is 0 Å². The Labute approximate surface area is 119 Å². The molecule has 98 valence electrons. The Morgan fingerprint density at radius 1 is 0.950 bits per heavy atom. The number of hydrogen-bond donors (Lipinski definition) is 1. The molecule has 4 rings (SSSR count). The lowest BCUT2D eigenvalue weighted by Crippen LogP contribution is -2.48. The average molecular weight is 261 g/mol. The van der Waals surface area contributed by atoms with E-state index in [0.29, 0.717) is 5.92 Å². The summed E-state index contributed by atoms with van der Waals surface area (Å²) >= 11 is 0. The summed E-state index contributed by atoms with van der Waals surface area (Å²) in [5.74, 6) is 0.543. The monoisotopic (exact) mass is 261 g/mol. The smallest absolute Gasteiger partial charge is 0.317 e. The summed E-state index contributed by atoms with van der Waals surface area (Å²) in [4.78, 5) is 0. The van der Waals surface area contributed by atoms with Crippen LogP contribution in [0.4, 0.5) is 5.69 Å². The molecule has 2 aliphatic rings. The molecule has 20 heavy (non-hydrogen) atoms. The Balaban J connectivity index is 1.78. The zero-order chi connectivity index (χ0) is 13.4. The Morgan fingerprint density at radius 2 is 1.70 bits per heavy atom. The van der Waals surface area contributed by atoms with E-state index in [1.807, 2.05) is 0 Å². The molecule has 2 heterocycles. The van der Waals surface area contributed by atoms with Crippen molar-refractivity contribution in [1.82, 2.24) is 0 Å². The summed E-state index contributed by atoms with van der Waals surface area (Å²) in [6, 6.07) is 19.2. The third kappa shape index (κ3) is 1.95. The van der Waals surface area contributed by atoms with Gasteiger partial charge in [0, 0.05) is 11.6 Å². The van der Waals surface area contributed by atoms with Crippen molar-refractivity contribution in [2.75, 3.05) is 18.4 Å². The van der Waals surface area contributed by atoms with Gasteiger partial charge in [0.05, 0.1) is 13.2 Å². The molecule has 0 atom stereocenters. The number of para-hydroxylation sites is 1. The van der Waals surface area contributed by atoms with Crippen LogP contribution < -0.4 is 10.7 Å². The maximum atomic E-state index is 5.39. The summed E-state index contributed by atoms with van der Waals surface area (Å²) in [7, 11) is 0. The molecule has 2 aromatic rings. The molecule has 0 bridgehead atoms. The van der Waals surface area contributed by atoms with Gasteiger partial charge in [-0.15, -0.1) is 0 Å². The lowest BCUT2D eigenvalue weighted by molar-refractivity contribution is -0.00980. The molecule has 2 aliphatic heterocycles. The van der Waals surface area contributed by atoms with E-state index >= 15 is 0 Å². The first-order chi connectivity index (χ1) is 9.92. The number of rotatable bonds is 2. The zero-order valence-electron chi connectivity index (χ0n) is 11.3. The van der Waals surface area contributed by atoms with E-state index in [1.165, 1.54) is 22.2 Å². The summed E-state index contributed by atoms with van der Waals surface area (Å²) in [6.45, 7) is 1.96. The zero-order valence-corrected chi connectivity index (χ0v) is 11.3. The highest BCUT2D eigenvalue weighted by Crippen LogP contribution is 2.31. The predicted octanol–water partition coefficient (Wildman–Crippen LogP) is 2.58. The van der Waals surface area contributed by atoms with E-state index in [-0.39, 0.29) is 6.85 Å². The first-order valence-electron chi connectivity index (χ1n) is 7.11. The second-order valence-electron chi connectivity index (χ2n) is 5.45. The normalized spacial score (nSPS) is 17.8. The van der Waals surface area contributed by atoms with Gasteiger partial charge in [-0.25, -0.2) is 0 Å². The Hall–Kier alpha value is -2.00. The van der Waals surface area contributed by atoms with E-state index in [0.717, 1.165) is 13.2 Å². The number of fused-ring (bicyclic) bond motifs is 1. The highest BCUT2D eigenvalue weighted by Gasteiger charge is 2.34. The molecule has 2 aromatic carbocycles. The fourth-order valence-electron chi connectivity index (χ4n) is 2.96. The van der Waals surface area contributed by atoms with Crippen LogP contribution in [0.1, 0.15) is 5.56 Å². The van der Waals surface area contributed by atoms with Gasteiger partial charge in [0.25, 0.3) is 0 Å². The van der Waals surface area contributed by atoms with Gasteiger partial charge in [-0.05, 0) is 11.6 Å². The lowest BCUT2D eigenvalue weighted by Gasteiger charge is -2.35. The summed E-state index contributed by atoms with van der Waals surface area (Å²) in [5.41, 5.74) is 5.26. The largest absolute Gasteiger partial charge is 0.420 e. The molecule has 1 saturated heterocycles.